The van der Waals surface area contributed by atoms with Crippen molar-refractivity contribution in [2.24, 2.45) is 0 Å². The molecule has 2 aromatic heterocycles. The Labute approximate surface area is 74.6 Å². The number of hydrogen-bond acceptors (Lipinski definition) is 3. The third-order valence-corrected chi connectivity index (χ3v) is 1.87. The number of nitrogens with zero attached hydrogens (tertiary/aromatic N) is 4. The quantitative estimate of drug-likeness (QED) is 0.638. The van der Waals surface area contributed by atoms with Gasteiger partial charge in [-0.2, -0.15) is 10.2 Å². The van der Waals surface area contributed by atoms with Crippen LogP contribution >= 0.6 is 0 Å². The van der Waals surface area contributed by atoms with Gasteiger partial charge in [-0.1, -0.05) is 0 Å². The second-order valence-corrected chi connectivity index (χ2v) is 3.14. The van der Waals surface area contributed by atoms with Gasteiger partial charge in [0.2, 0.25) is 0 Å². The van der Waals surface area contributed by atoms with Crippen molar-refractivity contribution in [1.29, 1.82) is 0 Å². The first-order valence-electron chi connectivity index (χ1n) is 4.11. The van der Waals surface area contributed by atoms with Crippen molar-refractivity contribution in [3.63, 3.8) is 0 Å². The van der Waals surface area contributed by atoms with Gasteiger partial charge in [-0.05, 0) is 19.9 Å². The van der Waals surface area contributed by atoms with Gasteiger partial charge in [0.05, 0.1) is 12.2 Å². The van der Waals surface area contributed by atoms with E-state index in [0.29, 0.717) is 5.52 Å². The van der Waals surface area contributed by atoms with E-state index < -0.39 is 0 Å². The van der Waals surface area contributed by atoms with E-state index in [-0.39, 0.29) is 11.6 Å². The Morgan fingerprint density at radius 3 is 2.85 bits per heavy atom. The summed E-state index contributed by atoms with van der Waals surface area (Å²) in [5.74, 6) is 0. The lowest BCUT2D eigenvalue weighted by Gasteiger charge is -2.06. The summed E-state index contributed by atoms with van der Waals surface area (Å²) in [5, 5.41) is 7.90. The topological polar surface area (TPSA) is 52.2 Å². The van der Waals surface area contributed by atoms with Gasteiger partial charge in [-0.3, -0.25) is 4.79 Å². The van der Waals surface area contributed by atoms with Crippen molar-refractivity contribution in [3.05, 3.63) is 28.9 Å². The molecule has 0 aliphatic rings. The molecule has 0 saturated heterocycles. The van der Waals surface area contributed by atoms with Crippen LogP contribution in [0.5, 0.6) is 0 Å². The van der Waals surface area contributed by atoms with Crippen molar-refractivity contribution >= 4 is 5.52 Å². The van der Waals surface area contributed by atoms with E-state index >= 15 is 0 Å². The van der Waals surface area contributed by atoms with Gasteiger partial charge in [0.1, 0.15) is 11.8 Å². The molecular weight excluding hydrogens is 168 g/mol. The highest BCUT2D eigenvalue weighted by molar-refractivity contribution is 5.41. The minimum absolute atomic E-state index is 0.0763. The molecule has 68 valence electrons. The Balaban J connectivity index is 2.81. The number of fused-ring (bicyclic) bond motifs is 1. The normalized spacial score (nSPS) is 11.3. The van der Waals surface area contributed by atoms with Gasteiger partial charge < -0.3 is 0 Å². The van der Waals surface area contributed by atoms with Gasteiger partial charge >= 0.3 is 0 Å². The molecular formula is C8H10N4O. The molecule has 0 spiro atoms. The molecule has 0 bridgehead atoms. The molecule has 0 N–H and O–H groups in total. The van der Waals surface area contributed by atoms with Crippen LogP contribution in [0.1, 0.15) is 19.9 Å². The second kappa shape index (κ2) is 2.69. The molecule has 0 aliphatic heterocycles. The van der Waals surface area contributed by atoms with Gasteiger partial charge in [0, 0.05) is 0 Å². The van der Waals surface area contributed by atoms with Crippen LogP contribution in [-0.2, 0) is 0 Å². The average molecular weight is 178 g/mol. The summed E-state index contributed by atoms with van der Waals surface area (Å²) >= 11 is 0. The molecule has 2 aromatic rings. The zero-order valence-electron chi connectivity index (χ0n) is 7.51. The average Bonchev–Trinajstić information content (AvgIpc) is 2.52. The van der Waals surface area contributed by atoms with E-state index in [2.05, 4.69) is 10.2 Å². The largest absolute Gasteiger partial charge is 0.293 e. The van der Waals surface area contributed by atoms with Crippen LogP contribution in [0, 0.1) is 0 Å². The number of aromatic nitrogens is 4. The zero-order valence-corrected chi connectivity index (χ0v) is 7.51. The highest BCUT2D eigenvalue weighted by atomic mass is 16.1. The summed E-state index contributed by atoms with van der Waals surface area (Å²) < 4.78 is 2.91. The van der Waals surface area contributed by atoms with Crippen LogP contribution in [0.25, 0.3) is 5.52 Å². The highest BCUT2D eigenvalue weighted by Gasteiger charge is 2.06. The summed E-state index contributed by atoms with van der Waals surface area (Å²) in [6, 6.07) is 1.76. The fourth-order valence-electron chi connectivity index (χ4n) is 1.22. The molecule has 2 heterocycles. The van der Waals surface area contributed by atoms with Crippen molar-refractivity contribution in [1.82, 2.24) is 19.4 Å². The monoisotopic (exact) mass is 178 g/mol. The predicted molar refractivity (Wildman–Crippen MR) is 47.6 cm³/mol. The Hall–Kier alpha value is -1.65. The predicted octanol–water partition coefficient (Wildman–Crippen LogP) is 0.472. The molecule has 2 rings (SSSR count). The fraction of sp³-hybridized carbons (Fsp3) is 0.375. The number of hydrogen-bond donors (Lipinski definition) is 0. The summed E-state index contributed by atoms with van der Waals surface area (Å²) in [6.45, 7) is 3.84. The van der Waals surface area contributed by atoms with E-state index in [1.807, 2.05) is 13.8 Å². The van der Waals surface area contributed by atoms with Gasteiger partial charge in [-0.25, -0.2) is 9.20 Å². The zero-order chi connectivity index (χ0) is 9.42. The molecule has 0 amide bonds. The van der Waals surface area contributed by atoms with Crippen LogP contribution in [-0.4, -0.2) is 19.4 Å². The Morgan fingerprint density at radius 1 is 1.38 bits per heavy atom. The van der Waals surface area contributed by atoms with Gasteiger partial charge in [0.15, 0.2) is 0 Å². The first-order chi connectivity index (χ1) is 6.20. The second-order valence-electron chi connectivity index (χ2n) is 3.14. The molecule has 0 atom stereocenters. The SMILES string of the molecule is CC(C)n1ncn2nccc2c1=O. The minimum Gasteiger partial charge on any atom is -0.265 e. The molecule has 0 aromatic carbocycles. The van der Waals surface area contributed by atoms with Crippen molar-refractivity contribution < 1.29 is 0 Å². The molecule has 5 nitrogen and oxygen atoms in total. The van der Waals surface area contributed by atoms with Crippen molar-refractivity contribution in [2.45, 2.75) is 19.9 Å². The molecule has 0 aliphatic carbocycles. The lowest BCUT2D eigenvalue weighted by molar-refractivity contribution is 0.495. The minimum atomic E-state index is -0.102. The first kappa shape index (κ1) is 7.97. The smallest absolute Gasteiger partial charge is 0.265 e. The third kappa shape index (κ3) is 1.12. The lowest BCUT2D eigenvalue weighted by atomic mass is 10.4. The third-order valence-electron chi connectivity index (χ3n) is 1.87. The van der Waals surface area contributed by atoms with Crippen molar-refractivity contribution in [3.8, 4) is 0 Å². The van der Waals surface area contributed by atoms with Crippen molar-refractivity contribution in [2.75, 3.05) is 0 Å². The van der Waals surface area contributed by atoms with Gasteiger partial charge in [0.25, 0.3) is 5.56 Å². The lowest BCUT2D eigenvalue weighted by Crippen LogP contribution is -2.26. The fourth-order valence-corrected chi connectivity index (χ4v) is 1.22. The maximum absolute atomic E-state index is 11.7. The van der Waals surface area contributed by atoms with Gasteiger partial charge in [-0.15, -0.1) is 0 Å². The molecule has 0 fully saturated rings. The highest BCUT2D eigenvalue weighted by Crippen LogP contribution is 1.98. The Morgan fingerprint density at radius 2 is 2.15 bits per heavy atom. The van der Waals surface area contributed by atoms with E-state index in [0.717, 1.165) is 0 Å². The standard InChI is InChI=1S/C8H10N4O/c1-6(2)12-8(13)7-3-4-9-11(7)5-10-12/h3-6H,1-2H3. The maximum atomic E-state index is 11.7. The van der Waals surface area contributed by atoms with Crippen LogP contribution in [0.4, 0.5) is 0 Å². The molecule has 13 heavy (non-hydrogen) atoms. The van der Waals surface area contributed by atoms with Crippen LogP contribution in [0.3, 0.4) is 0 Å². The molecule has 5 heteroatoms. The van der Waals surface area contributed by atoms with E-state index in [1.165, 1.54) is 15.5 Å². The molecule has 0 unspecified atom stereocenters. The summed E-state index contributed by atoms with van der Waals surface area (Å²) in [6.07, 6.45) is 3.12. The van der Waals surface area contributed by atoms with E-state index in [9.17, 15) is 4.79 Å². The number of rotatable bonds is 1. The Bertz CT molecular complexity index is 482. The molecule has 0 radical (unpaired) electrons. The van der Waals surface area contributed by atoms with Crippen LogP contribution < -0.4 is 5.56 Å². The summed E-state index contributed by atoms with van der Waals surface area (Å²) in [7, 11) is 0. The maximum Gasteiger partial charge on any atom is 0.293 e. The van der Waals surface area contributed by atoms with E-state index in [1.54, 1.807) is 12.3 Å². The summed E-state index contributed by atoms with van der Waals surface area (Å²) in [5.41, 5.74) is 0.457. The summed E-state index contributed by atoms with van der Waals surface area (Å²) in [4.78, 5) is 11.7. The molecule has 0 saturated carbocycles. The first-order valence-corrected chi connectivity index (χ1v) is 4.11. The van der Waals surface area contributed by atoms with Crippen LogP contribution in [0.15, 0.2) is 23.4 Å². The Kier molecular flexibility index (Phi) is 1.65. The van der Waals surface area contributed by atoms with Crippen LogP contribution in [0.2, 0.25) is 0 Å². The van der Waals surface area contributed by atoms with E-state index in [4.69, 9.17) is 0 Å².